The Hall–Kier alpha value is -2.17. The lowest BCUT2D eigenvalue weighted by atomic mass is 10.1. The second-order valence-electron chi connectivity index (χ2n) is 6.91. The van der Waals surface area contributed by atoms with Crippen molar-refractivity contribution in [3.05, 3.63) is 46.9 Å². The normalized spacial score (nSPS) is 12.1. The summed E-state index contributed by atoms with van der Waals surface area (Å²) in [4.78, 5) is 0.452. The second-order valence-corrected chi connectivity index (χ2v) is 12.7. The molecule has 0 aliphatic rings. The Bertz CT molecular complexity index is 1140. The van der Waals surface area contributed by atoms with Crippen molar-refractivity contribution in [3.8, 4) is 23.0 Å². The number of benzene rings is 2. The van der Waals surface area contributed by atoms with Crippen LogP contribution in [-0.4, -0.2) is 50.1 Å². The van der Waals surface area contributed by atoms with Crippen LogP contribution in [-0.2, 0) is 29.2 Å². The van der Waals surface area contributed by atoms with E-state index in [2.05, 4.69) is 0 Å². The van der Waals surface area contributed by atoms with Crippen LogP contribution in [0.3, 0.4) is 0 Å². The van der Waals surface area contributed by atoms with Crippen LogP contribution >= 0.6 is 18.2 Å². The van der Waals surface area contributed by atoms with Crippen LogP contribution in [0.1, 0.15) is 25.0 Å². The Morgan fingerprint density at radius 1 is 0.857 bits per heavy atom. The SMILES string of the molecule is CCOP(=O)(OCC)Sc1cc(CS(=O)(=O)C=Cc2c(OC)cc(OC)cc2OC)ccc1OC. The molecule has 12 heteroatoms. The minimum atomic E-state index is -3.70. The molecule has 0 heterocycles. The molecule has 0 spiro atoms. The number of hydrogen-bond donors (Lipinski definition) is 0. The molecule has 0 saturated carbocycles. The van der Waals surface area contributed by atoms with Gasteiger partial charge in [-0.2, -0.15) is 0 Å². The first kappa shape index (κ1) is 29.1. The third-order valence-corrected chi connectivity index (χ3v) is 9.64. The van der Waals surface area contributed by atoms with Gasteiger partial charge in [-0.3, -0.25) is 0 Å². The average molecular weight is 547 g/mol. The highest BCUT2D eigenvalue weighted by Gasteiger charge is 2.28. The van der Waals surface area contributed by atoms with Crippen molar-refractivity contribution < 1.29 is 41.0 Å². The van der Waals surface area contributed by atoms with Crippen molar-refractivity contribution in [3.63, 3.8) is 0 Å². The van der Waals surface area contributed by atoms with Gasteiger partial charge < -0.3 is 28.0 Å². The van der Waals surface area contributed by atoms with E-state index in [9.17, 15) is 13.0 Å². The molecule has 2 aromatic rings. The molecule has 9 nitrogen and oxygen atoms in total. The van der Waals surface area contributed by atoms with Gasteiger partial charge in [0.25, 0.3) is 0 Å². The van der Waals surface area contributed by atoms with E-state index in [0.29, 0.717) is 39.0 Å². The van der Waals surface area contributed by atoms with Crippen molar-refractivity contribution >= 4 is 34.1 Å². The quantitative estimate of drug-likeness (QED) is 0.279. The van der Waals surface area contributed by atoms with E-state index in [1.807, 2.05) is 0 Å². The van der Waals surface area contributed by atoms with Gasteiger partial charge in [-0.25, -0.2) is 13.0 Å². The molecule has 0 N–H and O–H groups in total. The molecule has 0 bridgehead atoms. The highest BCUT2D eigenvalue weighted by molar-refractivity contribution is 8.55. The molecule has 35 heavy (non-hydrogen) atoms. The van der Waals surface area contributed by atoms with Crippen LogP contribution in [0.5, 0.6) is 23.0 Å². The third-order valence-electron chi connectivity index (χ3n) is 4.58. The summed E-state index contributed by atoms with van der Waals surface area (Å²) in [5.41, 5.74) is 0.936. The topological polar surface area (TPSA) is 107 Å². The van der Waals surface area contributed by atoms with Gasteiger partial charge in [0.1, 0.15) is 23.0 Å². The van der Waals surface area contributed by atoms with Crippen LogP contribution in [0.2, 0.25) is 0 Å². The second kappa shape index (κ2) is 13.2. The van der Waals surface area contributed by atoms with Crippen LogP contribution in [0.4, 0.5) is 0 Å². The first-order valence-electron chi connectivity index (χ1n) is 10.6. The molecular weight excluding hydrogens is 515 g/mol. The van der Waals surface area contributed by atoms with Crippen LogP contribution in [0.15, 0.2) is 40.6 Å². The van der Waals surface area contributed by atoms with Crippen LogP contribution in [0.25, 0.3) is 6.08 Å². The van der Waals surface area contributed by atoms with E-state index in [-0.39, 0.29) is 19.0 Å². The average Bonchev–Trinajstić information content (AvgIpc) is 2.82. The predicted molar refractivity (Wildman–Crippen MR) is 137 cm³/mol. The molecule has 0 saturated heterocycles. The molecule has 194 valence electrons. The molecular formula is C23H31O9PS2. The molecule has 0 fully saturated rings. The van der Waals surface area contributed by atoms with E-state index in [4.69, 9.17) is 28.0 Å². The maximum atomic E-state index is 13.0. The first-order valence-corrected chi connectivity index (χ1v) is 15.3. The molecule has 0 unspecified atom stereocenters. The Balaban J connectivity index is 2.36. The van der Waals surface area contributed by atoms with Gasteiger partial charge in [-0.15, -0.1) is 0 Å². The maximum absolute atomic E-state index is 13.0. The van der Waals surface area contributed by atoms with Crippen molar-refractivity contribution in [2.45, 2.75) is 24.5 Å². The molecule has 0 amide bonds. The summed E-state index contributed by atoms with van der Waals surface area (Å²) in [6.45, 7) is 0.329. The van der Waals surface area contributed by atoms with Gasteiger partial charge in [0.05, 0.1) is 57.9 Å². The fourth-order valence-corrected chi connectivity index (χ4v) is 7.74. The van der Waals surface area contributed by atoms with Gasteiger partial charge in [0, 0.05) is 17.5 Å². The fraction of sp³-hybridized carbons (Fsp3) is 0.391. The summed E-state index contributed by atoms with van der Waals surface area (Å²) in [6, 6.07) is 8.13. The standard InChI is InChI=1S/C23H31O9PS2/c1-7-31-33(24,32-8-2)34-23-13-17(9-10-20(23)28-4)16-35(25,26)12-11-19-21(29-5)14-18(27-3)15-22(19)30-6/h9-15H,7-8,16H2,1-6H3. The van der Waals surface area contributed by atoms with Gasteiger partial charge in [-0.1, -0.05) is 6.07 Å². The third kappa shape index (κ3) is 8.18. The minimum Gasteiger partial charge on any atom is -0.496 e. The summed E-state index contributed by atoms with van der Waals surface area (Å²) in [5, 5.41) is 1.10. The number of sulfone groups is 1. The van der Waals surface area contributed by atoms with E-state index >= 15 is 0 Å². The van der Waals surface area contributed by atoms with Crippen molar-refractivity contribution in [1.82, 2.24) is 0 Å². The zero-order chi connectivity index (χ0) is 26.1. The van der Waals surface area contributed by atoms with Gasteiger partial charge in [0.2, 0.25) is 0 Å². The lowest BCUT2D eigenvalue weighted by Crippen LogP contribution is -2.01. The molecule has 2 aromatic carbocycles. The summed E-state index contributed by atoms with van der Waals surface area (Å²) in [6.07, 6.45) is 1.42. The molecule has 0 aromatic heterocycles. The number of hydrogen-bond acceptors (Lipinski definition) is 10. The Labute approximate surface area is 210 Å². The monoisotopic (exact) mass is 546 g/mol. The summed E-state index contributed by atoms with van der Waals surface area (Å²) in [5.74, 6) is 1.45. The van der Waals surface area contributed by atoms with Gasteiger partial charge in [0.15, 0.2) is 9.84 Å². The molecule has 2 rings (SSSR count). The summed E-state index contributed by atoms with van der Waals surface area (Å²) >= 11 is 0.883. The highest BCUT2D eigenvalue weighted by atomic mass is 32.7. The highest BCUT2D eigenvalue weighted by Crippen LogP contribution is 2.64. The smallest absolute Gasteiger partial charge is 0.393 e. The Morgan fingerprint density at radius 2 is 1.43 bits per heavy atom. The van der Waals surface area contributed by atoms with Gasteiger partial charge >= 0.3 is 6.80 Å². The Morgan fingerprint density at radius 3 is 1.91 bits per heavy atom. The summed E-state index contributed by atoms with van der Waals surface area (Å²) < 4.78 is 70.8. The molecule has 0 atom stereocenters. The van der Waals surface area contributed by atoms with Crippen molar-refractivity contribution in [1.29, 1.82) is 0 Å². The largest absolute Gasteiger partial charge is 0.496 e. The number of methoxy groups -OCH3 is 4. The molecule has 0 aliphatic heterocycles. The van der Waals surface area contributed by atoms with Gasteiger partial charge in [-0.05, 0) is 49.0 Å². The zero-order valence-corrected chi connectivity index (χ0v) is 23.1. The number of ether oxygens (including phenoxy) is 4. The Kier molecular flexibility index (Phi) is 11.0. The van der Waals surface area contributed by atoms with Crippen LogP contribution < -0.4 is 18.9 Å². The van der Waals surface area contributed by atoms with E-state index in [1.54, 1.807) is 44.2 Å². The lowest BCUT2D eigenvalue weighted by Gasteiger charge is -2.17. The molecule has 0 aliphatic carbocycles. The number of rotatable bonds is 14. The molecule has 0 radical (unpaired) electrons. The zero-order valence-electron chi connectivity index (χ0n) is 20.6. The van der Waals surface area contributed by atoms with E-state index < -0.39 is 16.6 Å². The van der Waals surface area contributed by atoms with Crippen molar-refractivity contribution in [2.75, 3.05) is 41.7 Å². The maximum Gasteiger partial charge on any atom is 0.393 e. The van der Waals surface area contributed by atoms with Crippen molar-refractivity contribution in [2.24, 2.45) is 0 Å². The minimum absolute atomic E-state index is 0.198. The predicted octanol–water partition coefficient (Wildman–Crippen LogP) is 5.58. The first-order chi connectivity index (χ1) is 16.6. The fourth-order valence-electron chi connectivity index (χ4n) is 3.06. The summed E-state index contributed by atoms with van der Waals surface area (Å²) in [7, 11) is 2.22. The lowest BCUT2D eigenvalue weighted by molar-refractivity contribution is 0.237. The van der Waals surface area contributed by atoms with Crippen LogP contribution in [0, 0.1) is 0 Å². The van der Waals surface area contributed by atoms with E-state index in [1.165, 1.54) is 34.5 Å². The van der Waals surface area contributed by atoms with E-state index in [0.717, 1.165) is 16.8 Å².